The van der Waals surface area contributed by atoms with Gasteiger partial charge in [-0.3, -0.25) is 19.3 Å². The third-order valence-electron chi connectivity index (χ3n) is 8.23. The Kier molecular flexibility index (Phi) is 7.61. The van der Waals surface area contributed by atoms with Crippen molar-refractivity contribution in [1.82, 2.24) is 14.7 Å². The summed E-state index contributed by atoms with van der Waals surface area (Å²) in [6, 6.07) is -1.31. The van der Waals surface area contributed by atoms with Crippen LogP contribution >= 0.6 is 11.8 Å². The number of ether oxygens (including phenoxy) is 1. The molecule has 10 heteroatoms. The number of nitrogens with zero attached hydrogens (tertiary/aromatic N) is 3. The van der Waals surface area contributed by atoms with E-state index in [0.29, 0.717) is 45.7 Å². The van der Waals surface area contributed by atoms with Crippen LogP contribution in [-0.2, 0) is 19.1 Å². The van der Waals surface area contributed by atoms with Gasteiger partial charge in [0.1, 0.15) is 6.04 Å². The Morgan fingerprint density at radius 3 is 2.68 bits per heavy atom. The molecule has 0 radical (unpaired) electrons. The minimum absolute atomic E-state index is 0.0204. The zero-order valence-corrected chi connectivity index (χ0v) is 20.9. The molecular formula is C24H37N3O6S. The highest BCUT2D eigenvalue weighted by Gasteiger charge is 2.76. The lowest BCUT2D eigenvalue weighted by Crippen LogP contribution is -2.59. The van der Waals surface area contributed by atoms with Gasteiger partial charge in [0, 0.05) is 38.0 Å². The van der Waals surface area contributed by atoms with E-state index in [1.165, 1.54) is 11.8 Å². The summed E-state index contributed by atoms with van der Waals surface area (Å²) in [5.41, 5.74) is 0. The Morgan fingerprint density at radius 2 is 2.09 bits per heavy atom. The van der Waals surface area contributed by atoms with Crippen LogP contribution in [-0.4, -0.2) is 117 Å². The minimum atomic E-state index is -0.968. The Bertz CT molecular complexity index is 817. The van der Waals surface area contributed by atoms with Crippen LogP contribution in [0.2, 0.25) is 0 Å². The van der Waals surface area contributed by atoms with E-state index in [9.17, 15) is 24.6 Å². The number of fused-ring (bicyclic) bond motifs is 1. The standard InChI is InChI=1S/C24H37N3O6S/c1-4-6-26(8-7-25-9-11-33-12-10-25)22(30)20-24-15(3)13-17(34-24)18(23(31)32)19(24)21(29)27(20)16(5-2)14-28/h4,15-20,28H,1,5-14H2,2-3H3,(H,31,32)/t15?,16-,17-,18+,19-,20?,24?/m0/s1. The molecule has 4 fully saturated rings. The fourth-order valence-corrected chi connectivity index (χ4v) is 8.93. The van der Waals surface area contributed by atoms with E-state index >= 15 is 0 Å². The summed E-state index contributed by atoms with van der Waals surface area (Å²) >= 11 is 1.53. The third-order valence-corrected chi connectivity index (χ3v) is 10.3. The highest BCUT2D eigenvalue weighted by Crippen LogP contribution is 2.68. The largest absolute Gasteiger partial charge is 0.481 e. The molecule has 34 heavy (non-hydrogen) atoms. The summed E-state index contributed by atoms with van der Waals surface area (Å²) in [7, 11) is 0. The number of aliphatic carboxylic acids is 1. The van der Waals surface area contributed by atoms with Gasteiger partial charge in [0.05, 0.1) is 42.4 Å². The lowest BCUT2D eigenvalue weighted by Gasteiger charge is -2.42. The number of carbonyl (C=O) groups excluding carboxylic acids is 2. The number of rotatable bonds is 10. The number of aliphatic hydroxyl groups is 1. The molecule has 2 N–H and O–H groups in total. The van der Waals surface area contributed by atoms with Crippen molar-refractivity contribution in [3.8, 4) is 0 Å². The van der Waals surface area contributed by atoms with Crippen LogP contribution in [0.25, 0.3) is 0 Å². The number of carboxylic acids is 1. The number of morpholine rings is 1. The van der Waals surface area contributed by atoms with Gasteiger partial charge < -0.3 is 24.7 Å². The molecule has 2 bridgehead atoms. The molecule has 2 amide bonds. The van der Waals surface area contributed by atoms with Crippen molar-refractivity contribution in [3.63, 3.8) is 0 Å². The zero-order valence-electron chi connectivity index (χ0n) is 20.1. The molecule has 4 heterocycles. The molecular weight excluding hydrogens is 458 g/mol. The predicted molar refractivity (Wildman–Crippen MR) is 128 cm³/mol. The Labute approximate surface area is 205 Å². The average molecular weight is 496 g/mol. The number of hydrogen-bond donors (Lipinski definition) is 2. The molecule has 0 aromatic carbocycles. The van der Waals surface area contributed by atoms with Gasteiger partial charge in [0.25, 0.3) is 0 Å². The van der Waals surface area contributed by atoms with Crippen LogP contribution < -0.4 is 0 Å². The fourth-order valence-electron chi connectivity index (χ4n) is 6.54. The number of thioether (sulfide) groups is 1. The van der Waals surface area contributed by atoms with Crippen LogP contribution in [0.1, 0.15) is 26.7 Å². The highest BCUT2D eigenvalue weighted by atomic mass is 32.2. The molecule has 0 saturated carbocycles. The second kappa shape index (κ2) is 10.2. The first-order valence-electron chi connectivity index (χ1n) is 12.3. The number of carbonyl (C=O) groups is 3. The maximum absolute atomic E-state index is 14.2. The molecule has 9 nitrogen and oxygen atoms in total. The lowest BCUT2D eigenvalue weighted by molar-refractivity contribution is -0.150. The second-order valence-corrected chi connectivity index (χ2v) is 11.5. The lowest BCUT2D eigenvalue weighted by atomic mass is 9.66. The first-order chi connectivity index (χ1) is 16.3. The van der Waals surface area contributed by atoms with Crippen molar-refractivity contribution in [1.29, 1.82) is 0 Å². The Morgan fingerprint density at radius 1 is 1.38 bits per heavy atom. The molecule has 4 saturated heterocycles. The van der Waals surface area contributed by atoms with Crippen molar-refractivity contribution in [3.05, 3.63) is 12.7 Å². The quantitative estimate of drug-likeness (QED) is 0.422. The van der Waals surface area contributed by atoms with E-state index in [0.717, 1.165) is 13.1 Å². The maximum atomic E-state index is 14.2. The highest BCUT2D eigenvalue weighted by molar-refractivity contribution is 8.02. The summed E-state index contributed by atoms with van der Waals surface area (Å²) in [4.78, 5) is 45.9. The monoisotopic (exact) mass is 495 g/mol. The number of aliphatic hydroxyl groups excluding tert-OH is 1. The van der Waals surface area contributed by atoms with Gasteiger partial charge in [-0.2, -0.15) is 0 Å². The van der Waals surface area contributed by atoms with Gasteiger partial charge in [0.2, 0.25) is 11.8 Å². The van der Waals surface area contributed by atoms with Crippen LogP contribution in [0.5, 0.6) is 0 Å². The maximum Gasteiger partial charge on any atom is 0.308 e. The smallest absolute Gasteiger partial charge is 0.308 e. The van der Waals surface area contributed by atoms with E-state index in [-0.39, 0.29) is 29.6 Å². The molecule has 1 spiro atoms. The van der Waals surface area contributed by atoms with Crippen molar-refractivity contribution in [2.45, 2.75) is 48.8 Å². The van der Waals surface area contributed by atoms with E-state index < -0.39 is 34.6 Å². The summed E-state index contributed by atoms with van der Waals surface area (Å²) in [5, 5.41) is 20.0. The molecule has 4 aliphatic heterocycles. The number of hydrogen-bond acceptors (Lipinski definition) is 7. The van der Waals surface area contributed by atoms with Crippen LogP contribution in [0, 0.1) is 17.8 Å². The van der Waals surface area contributed by atoms with Crippen molar-refractivity contribution >= 4 is 29.5 Å². The first kappa shape index (κ1) is 25.5. The second-order valence-electron chi connectivity index (χ2n) is 9.91. The Balaban J connectivity index is 1.69. The molecule has 0 aromatic heterocycles. The van der Waals surface area contributed by atoms with Crippen molar-refractivity contribution < 1.29 is 29.3 Å². The number of carboxylic acid groups (broad SMARTS) is 1. The molecule has 4 aliphatic rings. The van der Waals surface area contributed by atoms with Gasteiger partial charge in [-0.05, 0) is 18.8 Å². The summed E-state index contributed by atoms with van der Waals surface area (Å²) in [6.45, 7) is 12.0. The van der Waals surface area contributed by atoms with Gasteiger partial charge in [-0.15, -0.1) is 18.3 Å². The summed E-state index contributed by atoms with van der Waals surface area (Å²) in [6.07, 6.45) is 2.86. The SMILES string of the molecule is C=CCN(CCN1CCOCC1)C(=O)C1N([C@@H](CC)CO)C(=O)[C@@H]2[C@H](C(=O)O)[C@@H]3CC(C)C12S3. The molecule has 4 rings (SSSR count). The Hall–Kier alpha value is -1.62. The fraction of sp³-hybridized carbons (Fsp3) is 0.792. The first-order valence-corrected chi connectivity index (χ1v) is 13.2. The van der Waals surface area contributed by atoms with Crippen LogP contribution in [0.15, 0.2) is 12.7 Å². The number of amides is 2. The average Bonchev–Trinajstić information content (AvgIpc) is 3.42. The van der Waals surface area contributed by atoms with Crippen LogP contribution in [0.3, 0.4) is 0 Å². The van der Waals surface area contributed by atoms with Gasteiger partial charge in [-0.1, -0.05) is 19.9 Å². The van der Waals surface area contributed by atoms with E-state index in [1.54, 1.807) is 15.9 Å². The molecule has 190 valence electrons. The van der Waals surface area contributed by atoms with E-state index in [2.05, 4.69) is 11.5 Å². The third kappa shape index (κ3) is 3.96. The van der Waals surface area contributed by atoms with Gasteiger partial charge in [-0.25, -0.2) is 0 Å². The topological polar surface area (TPSA) is 111 Å². The predicted octanol–water partition coefficient (Wildman–Crippen LogP) is 0.526. The number of likely N-dealkylation sites (tertiary alicyclic amines) is 1. The minimum Gasteiger partial charge on any atom is -0.481 e. The molecule has 0 aromatic rings. The normalized spacial score (nSPS) is 35.9. The summed E-state index contributed by atoms with van der Waals surface area (Å²) < 4.78 is 4.63. The van der Waals surface area contributed by atoms with Gasteiger partial charge >= 0.3 is 5.97 Å². The van der Waals surface area contributed by atoms with Crippen LogP contribution in [0.4, 0.5) is 0 Å². The molecule has 3 unspecified atom stereocenters. The van der Waals surface area contributed by atoms with Gasteiger partial charge in [0.15, 0.2) is 0 Å². The van der Waals surface area contributed by atoms with E-state index in [4.69, 9.17) is 4.74 Å². The zero-order chi connectivity index (χ0) is 24.6. The molecule has 0 aliphatic carbocycles. The van der Waals surface area contributed by atoms with Crippen molar-refractivity contribution in [2.24, 2.45) is 17.8 Å². The van der Waals surface area contributed by atoms with E-state index in [1.807, 2.05) is 13.8 Å². The molecule has 7 atom stereocenters. The van der Waals surface area contributed by atoms with Crippen molar-refractivity contribution in [2.75, 3.05) is 52.5 Å². The summed E-state index contributed by atoms with van der Waals surface area (Å²) in [5.74, 6) is -2.95.